The predicted molar refractivity (Wildman–Crippen MR) is 46.4 cm³/mol. The second-order valence-corrected chi connectivity index (χ2v) is 3.57. The molecule has 0 aromatic heterocycles. The molecule has 0 radical (unpaired) electrons. The van der Waals surface area contributed by atoms with E-state index in [9.17, 15) is 5.11 Å². The number of hydrogen-bond donors (Lipinski definition) is 2. The maximum absolute atomic E-state index is 9.50. The normalized spacial score (nSPS) is 23.4. The van der Waals surface area contributed by atoms with E-state index in [4.69, 9.17) is 0 Å². The fraction of sp³-hybridized carbons (Fsp3) is 1.00. The summed E-state index contributed by atoms with van der Waals surface area (Å²) < 4.78 is 0. The fourth-order valence-corrected chi connectivity index (χ4v) is 1.97. The number of aliphatic hydroxyl groups excluding tert-OH is 1. The van der Waals surface area contributed by atoms with Gasteiger partial charge in [-0.25, -0.2) is 0 Å². The zero-order chi connectivity index (χ0) is 7.40. The average molecular weight is 160 g/mol. The Hall–Kier alpha value is 0.310. The third-order valence-electron chi connectivity index (χ3n) is 2.37. The van der Waals surface area contributed by atoms with Crippen LogP contribution in [0, 0.1) is 5.92 Å². The lowest BCUT2D eigenvalue weighted by molar-refractivity contribution is 0.108. The van der Waals surface area contributed by atoms with Crippen LogP contribution in [-0.4, -0.2) is 17.0 Å². The molecule has 1 unspecified atom stereocenters. The third-order valence-corrected chi connectivity index (χ3v) is 2.63. The number of rotatable bonds is 3. The van der Waals surface area contributed by atoms with Crippen molar-refractivity contribution in [1.29, 1.82) is 0 Å². The molecule has 1 atom stereocenters. The molecule has 10 heavy (non-hydrogen) atoms. The van der Waals surface area contributed by atoms with Gasteiger partial charge >= 0.3 is 0 Å². The minimum Gasteiger partial charge on any atom is -0.393 e. The molecular formula is C8H16OS. The topological polar surface area (TPSA) is 20.2 Å². The van der Waals surface area contributed by atoms with E-state index in [2.05, 4.69) is 12.6 Å². The van der Waals surface area contributed by atoms with Crippen molar-refractivity contribution in [3.8, 4) is 0 Å². The molecule has 1 saturated carbocycles. The largest absolute Gasteiger partial charge is 0.393 e. The summed E-state index contributed by atoms with van der Waals surface area (Å²) in [6, 6.07) is 0. The van der Waals surface area contributed by atoms with Crippen LogP contribution in [0.3, 0.4) is 0 Å². The van der Waals surface area contributed by atoms with Crippen molar-refractivity contribution in [2.75, 3.05) is 5.75 Å². The minimum atomic E-state index is -0.0694. The molecule has 0 bridgehead atoms. The molecule has 1 N–H and O–H groups in total. The molecule has 0 aromatic rings. The molecule has 0 spiro atoms. The van der Waals surface area contributed by atoms with E-state index in [0.717, 1.165) is 12.2 Å². The van der Waals surface area contributed by atoms with E-state index in [1.165, 1.54) is 25.7 Å². The lowest BCUT2D eigenvalue weighted by atomic mass is 9.99. The van der Waals surface area contributed by atoms with Gasteiger partial charge < -0.3 is 5.11 Å². The first kappa shape index (κ1) is 8.41. The standard InChI is InChI=1S/C8H16OS/c9-8(5-6-10)7-3-1-2-4-7/h7-10H,1-6H2. The Labute approximate surface area is 68.2 Å². The highest BCUT2D eigenvalue weighted by Gasteiger charge is 2.21. The summed E-state index contributed by atoms with van der Waals surface area (Å²) in [5.74, 6) is 1.41. The van der Waals surface area contributed by atoms with Crippen LogP contribution in [0.25, 0.3) is 0 Å². The van der Waals surface area contributed by atoms with Crippen LogP contribution in [0.15, 0.2) is 0 Å². The van der Waals surface area contributed by atoms with Crippen LogP contribution in [0.1, 0.15) is 32.1 Å². The quantitative estimate of drug-likeness (QED) is 0.604. The van der Waals surface area contributed by atoms with Gasteiger partial charge in [0.25, 0.3) is 0 Å². The van der Waals surface area contributed by atoms with Crippen LogP contribution in [0.2, 0.25) is 0 Å². The summed E-state index contributed by atoms with van der Waals surface area (Å²) in [6.45, 7) is 0. The van der Waals surface area contributed by atoms with E-state index in [0.29, 0.717) is 5.92 Å². The summed E-state index contributed by atoms with van der Waals surface area (Å²) in [6.07, 6.45) is 5.89. The Morgan fingerprint density at radius 2 is 2.00 bits per heavy atom. The molecule has 0 amide bonds. The highest BCUT2D eigenvalue weighted by atomic mass is 32.1. The first-order valence-electron chi connectivity index (χ1n) is 4.13. The fourth-order valence-electron chi connectivity index (χ4n) is 1.71. The summed E-state index contributed by atoms with van der Waals surface area (Å²) in [5, 5.41) is 9.50. The highest BCUT2D eigenvalue weighted by Crippen LogP contribution is 2.28. The van der Waals surface area contributed by atoms with Crippen molar-refractivity contribution in [3.63, 3.8) is 0 Å². The van der Waals surface area contributed by atoms with Gasteiger partial charge in [-0.2, -0.15) is 12.6 Å². The van der Waals surface area contributed by atoms with Gasteiger partial charge in [0.15, 0.2) is 0 Å². The van der Waals surface area contributed by atoms with Gasteiger partial charge in [-0.3, -0.25) is 0 Å². The number of thiol groups is 1. The zero-order valence-corrected chi connectivity index (χ0v) is 7.19. The Bertz CT molecular complexity index is 89.3. The molecule has 1 aliphatic rings. The molecule has 0 aromatic carbocycles. The van der Waals surface area contributed by atoms with Gasteiger partial charge in [0.05, 0.1) is 6.10 Å². The van der Waals surface area contributed by atoms with Gasteiger partial charge in [0.2, 0.25) is 0 Å². The lowest BCUT2D eigenvalue weighted by Crippen LogP contribution is -2.17. The summed E-state index contributed by atoms with van der Waals surface area (Å²) in [7, 11) is 0. The van der Waals surface area contributed by atoms with Gasteiger partial charge in [-0.1, -0.05) is 12.8 Å². The minimum absolute atomic E-state index is 0.0694. The van der Waals surface area contributed by atoms with Gasteiger partial charge in [-0.15, -0.1) is 0 Å². The van der Waals surface area contributed by atoms with E-state index < -0.39 is 0 Å². The van der Waals surface area contributed by atoms with Crippen LogP contribution in [0.4, 0.5) is 0 Å². The summed E-state index contributed by atoms with van der Waals surface area (Å²) in [4.78, 5) is 0. The number of hydrogen-bond acceptors (Lipinski definition) is 2. The molecule has 0 saturated heterocycles. The van der Waals surface area contributed by atoms with Gasteiger partial charge in [0.1, 0.15) is 0 Å². The molecule has 0 heterocycles. The van der Waals surface area contributed by atoms with E-state index >= 15 is 0 Å². The van der Waals surface area contributed by atoms with Gasteiger partial charge in [0, 0.05) is 0 Å². The second-order valence-electron chi connectivity index (χ2n) is 3.12. The van der Waals surface area contributed by atoms with E-state index in [1.54, 1.807) is 0 Å². The molecule has 1 nitrogen and oxygen atoms in total. The molecule has 2 heteroatoms. The predicted octanol–water partition coefficient (Wildman–Crippen LogP) is 1.86. The van der Waals surface area contributed by atoms with Crippen LogP contribution >= 0.6 is 12.6 Å². The first-order chi connectivity index (χ1) is 4.84. The van der Waals surface area contributed by atoms with Crippen molar-refractivity contribution in [3.05, 3.63) is 0 Å². The Morgan fingerprint density at radius 1 is 1.40 bits per heavy atom. The molecular weight excluding hydrogens is 144 g/mol. The van der Waals surface area contributed by atoms with Crippen LogP contribution < -0.4 is 0 Å². The maximum Gasteiger partial charge on any atom is 0.0576 e. The number of aliphatic hydroxyl groups is 1. The molecule has 1 rings (SSSR count). The molecule has 1 aliphatic carbocycles. The van der Waals surface area contributed by atoms with E-state index in [-0.39, 0.29) is 6.10 Å². The lowest BCUT2D eigenvalue weighted by Gasteiger charge is -2.15. The third kappa shape index (κ3) is 2.17. The Kier molecular flexibility index (Phi) is 3.57. The van der Waals surface area contributed by atoms with Crippen molar-refractivity contribution in [2.45, 2.75) is 38.2 Å². The van der Waals surface area contributed by atoms with E-state index in [1.807, 2.05) is 0 Å². The average Bonchev–Trinajstić information content (AvgIpc) is 2.38. The van der Waals surface area contributed by atoms with Crippen molar-refractivity contribution in [1.82, 2.24) is 0 Å². The second kappa shape index (κ2) is 4.24. The smallest absolute Gasteiger partial charge is 0.0576 e. The van der Waals surface area contributed by atoms with Crippen LogP contribution in [-0.2, 0) is 0 Å². The summed E-state index contributed by atoms with van der Waals surface area (Å²) in [5.41, 5.74) is 0. The first-order valence-corrected chi connectivity index (χ1v) is 4.76. The Morgan fingerprint density at radius 3 is 2.50 bits per heavy atom. The van der Waals surface area contributed by atoms with Crippen LogP contribution in [0.5, 0.6) is 0 Å². The maximum atomic E-state index is 9.50. The Balaban J connectivity index is 2.18. The molecule has 60 valence electrons. The highest BCUT2D eigenvalue weighted by molar-refractivity contribution is 7.80. The van der Waals surface area contributed by atoms with Gasteiger partial charge in [-0.05, 0) is 30.9 Å². The monoisotopic (exact) mass is 160 g/mol. The molecule has 0 aliphatic heterocycles. The SMILES string of the molecule is OC(CCS)C1CCCC1. The van der Waals surface area contributed by atoms with Crippen molar-refractivity contribution < 1.29 is 5.11 Å². The molecule has 1 fully saturated rings. The van der Waals surface area contributed by atoms with Crippen molar-refractivity contribution in [2.24, 2.45) is 5.92 Å². The van der Waals surface area contributed by atoms with Crippen molar-refractivity contribution >= 4 is 12.6 Å². The zero-order valence-electron chi connectivity index (χ0n) is 6.29. The summed E-state index contributed by atoms with van der Waals surface area (Å²) >= 11 is 4.09.